The second-order valence-electron chi connectivity index (χ2n) is 4.35. The minimum absolute atomic E-state index is 0.133. The van der Waals surface area contributed by atoms with E-state index in [4.69, 9.17) is 0 Å². The molecule has 6 heteroatoms. The van der Waals surface area contributed by atoms with Crippen LogP contribution in [0.15, 0.2) is 27.6 Å². The molecule has 1 aliphatic rings. The number of halogens is 1. The molecule has 18 heavy (non-hydrogen) atoms. The Balaban J connectivity index is 2.33. The minimum atomic E-state index is -3.47. The van der Waals surface area contributed by atoms with Gasteiger partial charge in [0.25, 0.3) is 0 Å². The first-order valence-electron chi connectivity index (χ1n) is 5.69. The average molecular weight is 332 g/mol. The molecule has 0 atom stereocenters. The van der Waals surface area contributed by atoms with Gasteiger partial charge >= 0.3 is 0 Å². The number of hydrogen-bond donors (Lipinski definition) is 0. The summed E-state index contributed by atoms with van der Waals surface area (Å²) in [5.41, 5.74) is 0.710. The van der Waals surface area contributed by atoms with Crippen LogP contribution in [0.2, 0.25) is 0 Å². The third kappa shape index (κ3) is 2.65. The van der Waals surface area contributed by atoms with Gasteiger partial charge in [0, 0.05) is 30.4 Å². The molecule has 1 heterocycles. The van der Waals surface area contributed by atoms with E-state index >= 15 is 0 Å². The van der Waals surface area contributed by atoms with Crippen LogP contribution in [0, 0.1) is 6.92 Å². The Kier molecular flexibility index (Phi) is 3.89. The number of aryl methyl sites for hydroxylation is 1. The molecule has 2 rings (SSSR count). The maximum atomic E-state index is 12.4. The molecular weight excluding hydrogens is 318 g/mol. The molecule has 1 fully saturated rings. The van der Waals surface area contributed by atoms with Crippen molar-refractivity contribution in [3.05, 3.63) is 28.2 Å². The number of hydrogen-bond acceptors (Lipinski definition) is 3. The summed E-state index contributed by atoms with van der Waals surface area (Å²) in [6.07, 6.45) is 0.629. The number of ketones is 1. The smallest absolute Gasteiger partial charge is 0.243 e. The first kappa shape index (κ1) is 13.7. The van der Waals surface area contributed by atoms with Crippen LogP contribution in [0.25, 0.3) is 0 Å². The molecule has 0 spiro atoms. The van der Waals surface area contributed by atoms with Gasteiger partial charge in [-0.1, -0.05) is 15.9 Å². The predicted molar refractivity (Wildman–Crippen MR) is 71.9 cm³/mol. The highest BCUT2D eigenvalue weighted by atomic mass is 79.9. The van der Waals surface area contributed by atoms with Crippen molar-refractivity contribution >= 4 is 31.7 Å². The van der Waals surface area contributed by atoms with Crippen molar-refractivity contribution in [2.45, 2.75) is 24.7 Å². The second-order valence-corrected chi connectivity index (χ2v) is 7.17. The fourth-order valence-corrected chi connectivity index (χ4v) is 4.14. The maximum Gasteiger partial charge on any atom is 0.243 e. The monoisotopic (exact) mass is 331 g/mol. The van der Waals surface area contributed by atoms with E-state index in [1.54, 1.807) is 25.1 Å². The molecule has 4 nitrogen and oxygen atoms in total. The first-order valence-corrected chi connectivity index (χ1v) is 7.92. The summed E-state index contributed by atoms with van der Waals surface area (Å²) in [6.45, 7) is 2.35. The van der Waals surface area contributed by atoms with Crippen molar-refractivity contribution in [1.82, 2.24) is 4.31 Å². The topological polar surface area (TPSA) is 54.5 Å². The van der Waals surface area contributed by atoms with Gasteiger partial charge < -0.3 is 0 Å². The van der Waals surface area contributed by atoms with Crippen molar-refractivity contribution in [3.63, 3.8) is 0 Å². The highest BCUT2D eigenvalue weighted by molar-refractivity contribution is 9.10. The standard InChI is InChI=1S/C12H14BrNO3S/c1-9-8-10(13)2-3-12(9)18(16,17)14-6-4-11(15)5-7-14/h2-3,8H,4-7H2,1H3. The normalized spacial score (nSPS) is 18.0. The van der Waals surface area contributed by atoms with E-state index in [-0.39, 0.29) is 18.9 Å². The van der Waals surface area contributed by atoms with E-state index < -0.39 is 10.0 Å². The zero-order valence-electron chi connectivity index (χ0n) is 10.0. The van der Waals surface area contributed by atoms with Gasteiger partial charge in [-0.15, -0.1) is 0 Å². The Bertz CT molecular complexity index is 573. The molecule has 1 aliphatic heterocycles. The zero-order valence-corrected chi connectivity index (χ0v) is 12.4. The molecule has 0 aromatic heterocycles. The molecule has 0 saturated carbocycles. The third-order valence-corrected chi connectivity index (χ3v) is 5.59. The summed E-state index contributed by atoms with van der Waals surface area (Å²) in [4.78, 5) is 11.5. The minimum Gasteiger partial charge on any atom is -0.300 e. The summed E-state index contributed by atoms with van der Waals surface area (Å²) in [5, 5.41) is 0. The number of nitrogens with zero attached hydrogens (tertiary/aromatic N) is 1. The molecule has 0 aliphatic carbocycles. The molecular formula is C12H14BrNO3S. The van der Waals surface area contributed by atoms with Crippen LogP contribution < -0.4 is 0 Å². The summed E-state index contributed by atoms with van der Waals surface area (Å²) >= 11 is 3.31. The van der Waals surface area contributed by atoms with Gasteiger partial charge in [-0.25, -0.2) is 8.42 Å². The number of carbonyl (C=O) groups is 1. The lowest BCUT2D eigenvalue weighted by Crippen LogP contribution is -2.38. The van der Waals surface area contributed by atoms with Gasteiger partial charge in [-0.3, -0.25) is 4.79 Å². The van der Waals surface area contributed by atoms with E-state index in [0.29, 0.717) is 23.3 Å². The van der Waals surface area contributed by atoms with E-state index in [1.165, 1.54) is 4.31 Å². The van der Waals surface area contributed by atoms with Gasteiger partial charge in [-0.05, 0) is 30.7 Å². The number of rotatable bonds is 2. The summed E-state index contributed by atoms with van der Waals surface area (Å²) in [7, 11) is -3.47. The van der Waals surface area contributed by atoms with Crippen molar-refractivity contribution < 1.29 is 13.2 Å². The first-order chi connectivity index (χ1) is 8.41. The van der Waals surface area contributed by atoms with Crippen LogP contribution in [-0.4, -0.2) is 31.6 Å². The third-order valence-electron chi connectivity index (χ3n) is 3.03. The molecule has 0 bridgehead atoms. The Labute approximate surface area is 115 Å². The number of sulfonamides is 1. The lowest BCUT2D eigenvalue weighted by molar-refractivity contribution is -0.120. The van der Waals surface area contributed by atoms with Crippen LogP contribution in [0.3, 0.4) is 0 Å². The predicted octanol–water partition coefficient (Wildman–Crippen LogP) is 2.11. The molecule has 98 valence electrons. The SMILES string of the molecule is Cc1cc(Br)ccc1S(=O)(=O)N1CCC(=O)CC1. The van der Waals surface area contributed by atoms with E-state index in [9.17, 15) is 13.2 Å². The molecule has 0 N–H and O–H groups in total. The van der Waals surface area contributed by atoms with Crippen LogP contribution in [0.4, 0.5) is 0 Å². The molecule has 1 saturated heterocycles. The summed E-state index contributed by atoms with van der Waals surface area (Å²) in [5.74, 6) is 0.133. The number of benzene rings is 1. The molecule has 0 radical (unpaired) electrons. The van der Waals surface area contributed by atoms with Gasteiger partial charge in [-0.2, -0.15) is 4.31 Å². The Morgan fingerprint density at radius 1 is 1.22 bits per heavy atom. The van der Waals surface area contributed by atoms with E-state index in [1.807, 2.05) is 0 Å². The van der Waals surface area contributed by atoms with Crippen molar-refractivity contribution in [3.8, 4) is 0 Å². The molecule has 1 aromatic rings. The van der Waals surface area contributed by atoms with Gasteiger partial charge in [0.2, 0.25) is 10.0 Å². The number of carbonyl (C=O) groups excluding carboxylic acids is 1. The lowest BCUT2D eigenvalue weighted by atomic mass is 10.1. The zero-order chi connectivity index (χ0) is 13.3. The Hall–Kier alpha value is -0.720. The highest BCUT2D eigenvalue weighted by Crippen LogP contribution is 2.24. The molecule has 0 unspecified atom stereocenters. The van der Waals surface area contributed by atoms with Crippen LogP contribution in [0.1, 0.15) is 18.4 Å². The fraction of sp³-hybridized carbons (Fsp3) is 0.417. The van der Waals surface area contributed by atoms with Gasteiger partial charge in [0.1, 0.15) is 5.78 Å². The van der Waals surface area contributed by atoms with Crippen molar-refractivity contribution in [2.75, 3.05) is 13.1 Å². The van der Waals surface area contributed by atoms with Gasteiger partial charge in [0.05, 0.1) is 4.90 Å². The largest absolute Gasteiger partial charge is 0.300 e. The lowest BCUT2D eigenvalue weighted by Gasteiger charge is -2.26. The number of piperidine rings is 1. The fourth-order valence-electron chi connectivity index (χ4n) is 2.02. The summed E-state index contributed by atoms with van der Waals surface area (Å²) in [6, 6.07) is 5.10. The van der Waals surface area contributed by atoms with E-state index in [2.05, 4.69) is 15.9 Å². The Morgan fingerprint density at radius 3 is 2.39 bits per heavy atom. The van der Waals surface area contributed by atoms with Crippen LogP contribution in [-0.2, 0) is 14.8 Å². The van der Waals surface area contributed by atoms with Gasteiger partial charge in [0.15, 0.2) is 0 Å². The van der Waals surface area contributed by atoms with Crippen molar-refractivity contribution in [2.24, 2.45) is 0 Å². The quantitative estimate of drug-likeness (QED) is 0.834. The maximum absolute atomic E-state index is 12.4. The number of Topliss-reactive ketones (excluding diaryl/α,β-unsaturated/α-hetero) is 1. The van der Waals surface area contributed by atoms with E-state index in [0.717, 1.165) is 4.47 Å². The molecule has 1 aromatic carbocycles. The van der Waals surface area contributed by atoms with Crippen LogP contribution >= 0.6 is 15.9 Å². The highest BCUT2D eigenvalue weighted by Gasteiger charge is 2.29. The Morgan fingerprint density at radius 2 is 1.83 bits per heavy atom. The summed E-state index contributed by atoms with van der Waals surface area (Å²) < 4.78 is 27.1. The average Bonchev–Trinajstić information content (AvgIpc) is 2.29. The van der Waals surface area contributed by atoms with Crippen LogP contribution in [0.5, 0.6) is 0 Å². The molecule has 0 amide bonds. The van der Waals surface area contributed by atoms with Crippen molar-refractivity contribution in [1.29, 1.82) is 0 Å². The second kappa shape index (κ2) is 5.11.